The zero-order chi connectivity index (χ0) is 62.4. The van der Waals surface area contributed by atoms with Crippen LogP contribution in [0.25, 0.3) is 101 Å². The fourth-order valence-corrected chi connectivity index (χ4v) is 12.0. The van der Waals surface area contributed by atoms with Gasteiger partial charge in [0.25, 0.3) is 0 Å². The molecule has 0 saturated heterocycles. The largest absolute Gasteiger partial charge is 0.361 e. The van der Waals surface area contributed by atoms with Gasteiger partial charge in [0.2, 0.25) is 0 Å². The number of pyridine rings is 6. The highest BCUT2D eigenvalue weighted by molar-refractivity contribution is 9.11. The standard InChI is InChI=1S/2C23H23BrClFN4OSi.C17H9BrClFN4/c1-32(2,3)9-8-31-14-30-13-28-22(23(30)17-11-16(25)4-5-18(17)26)20-7-6-19-21(29-20)10-15(24)12-27-19;1-32(2,3)9-8-31-14-30-13-28-22(17-11-16(25)4-5-18(17)26)23(30)20-7-6-19-21(29-20)10-15(24)12-27-19;18-9-5-15-13(21-7-9)3-4-14(24-15)17-16(22-8-23-17)11-6-10(19)1-2-12(11)20/h2*4-7,10-13H,8-9,14H2,1-3H3;1-8H,(H,22,23). The average molecular weight is 1470 g/mol. The van der Waals surface area contributed by atoms with E-state index < -0.39 is 27.8 Å². The first-order chi connectivity index (χ1) is 42.0. The number of halogens is 9. The van der Waals surface area contributed by atoms with Gasteiger partial charge in [-0.3, -0.25) is 15.0 Å². The molecule has 9 heterocycles. The maximum absolute atomic E-state index is 14.9. The minimum Gasteiger partial charge on any atom is -0.361 e. The first kappa shape index (κ1) is 64.4. The summed E-state index contributed by atoms with van der Waals surface area (Å²) >= 11 is 28.6. The van der Waals surface area contributed by atoms with Crippen molar-refractivity contribution in [2.24, 2.45) is 0 Å². The van der Waals surface area contributed by atoms with Crippen LogP contribution in [-0.2, 0) is 22.9 Å². The van der Waals surface area contributed by atoms with E-state index in [9.17, 15) is 13.2 Å². The number of nitrogens with one attached hydrogen (secondary N) is 1. The molecule has 0 radical (unpaired) electrons. The van der Waals surface area contributed by atoms with Crippen LogP contribution in [0.2, 0.25) is 66.4 Å². The van der Waals surface area contributed by atoms with Gasteiger partial charge in [0.05, 0.1) is 86.2 Å². The quantitative estimate of drug-likeness (QED) is 0.0724. The van der Waals surface area contributed by atoms with Crippen molar-refractivity contribution < 1.29 is 22.6 Å². The van der Waals surface area contributed by atoms with Crippen LogP contribution < -0.4 is 0 Å². The SMILES string of the molecule is C[Si](C)(C)CCOCn1cnc(-c2cc(Cl)ccc2F)c1-c1ccc2ncc(Br)cc2n1.C[Si](C)(C)CCOCn1cnc(-c2ccc3ncc(Br)cc3n2)c1-c1cc(Cl)ccc1F.Fc1ccc(Cl)cc1-c1nc[nH]c1-c1ccc2ncc(Br)cc2n1. The van der Waals surface area contributed by atoms with Gasteiger partial charge in [-0.1, -0.05) is 74.1 Å². The highest BCUT2D eigenvalue weighted by Crippen LogP contribution is 2.38. The summed E-state index contributed by atoms with van der Waals surface area (Å²) < 4.78 is 61.9. The Morgan fingerprint density at radius 1 is 0.443 bits per heavy atom. The number of rotatable bonds is 16. The molecule has 12 aromatic rings. The fourth-order valence-electron chi connectivity index (χ4n) is 9.06. The fraction of sp³-hybridized carbons (Fsp3) is 0.190. The maximum atomic E-state index is 14.9. The number of aromatic nitrogens is 12. The van der Waals surface area contributed by atoms with Gasteiger partial charge in [0.15, 0.2) is 0 Å². The number of fused-ring (bicyclic) bond motifs is 3. The Morgan fingerprint density at radius 3 is 1.35 bits per heavy atom. The smallest absolute Gasteiger partial charge is 0.132 e. The second-order valence-electron chi connectivity index (χ2n) is 22.7. The lowest BCUT2D eigenvalue weighted by molar-refractivity contribution is 0.0881. The molecule has 3 aromatic carbocycles. The second-order valence-corrected chi connectivity index (χ2v) is 38.0. The topological polar surface area (TPSA) is 160 Å². The minimum atomic E-state index is -1.21. The van der Waals surface area contributed by atoms with Crippen LogP contribution in [0, 0.1) is 17.5 Å². The van der Waals surface area contributed by atoms with Crippen molar-refractivity contribution >= 4 is 132 Å². The first-order valence-electron chi connectivity index (χ1n) is 27.5. The Labute approximate surface area is 547 Å². The van der Waals surface area contributed by atoms with E-state index in [4.69, 9.17) is 54.2 Å². The van der Waals surface area contributed by atoms with Crippen molar-refractivity contribution in [3.63, 3.8) is 0 Å². The van der Waals surface area contributed by atoms with Gasteiger partial charge in [-0.05, 0) is 169 Å². The summed E-state index contributed by atoms with van der Waals surface area (Å²) in [7, 11) is -2.42. The molecule has 0 aliphatic carbocycles. The summed E-state index contributed by atoms with van der Waals surface area (Å²) in [5.41, 5.74) is 10.8. The molecule has 450 valence electrons. The highest BCUT2D eigenvalue weighted by Gasteiger charge is 2.24. The molecule has 14 nitrogen and oxygen atoms in total. The average Bonchev–Trinajstić information content (AvgIpc) is 1.75. The number of ether oxygens (including phenoxy) is 2. The third kappa shape index (κ3) is 16.1. The van der Waals surface area contributed by atoms with Gasteiger partial charge < -0.3 is 23.6 Å². The Kier molecular flexibility index (Phi) is 20.5. The van der Waals surface area contributed by atoms with Crippen molar-refractivity contribution in [3.8, 4) is 67.9 Å². The van der Waals surface area contributed by atoms with Crippen molar-refractivity contribution in [1.29, 1.82) is 0 Å². The van der Waals surface area contributed by atoms with E-state index in [1.807, 2.05) is 59.2 Å². The van der Waals surface area contributed by atoms with Crippen LogP contribution in [0.4, 0.5) is 13.2 Å². The van der Waals surface area contributed by atoms with Gasteiger partial charge in [0.1, 0.15) is 48.0 Å². The monoisotopic (exact) mass is 1470 g/mol. The molecule has 0 amide bonds. The summed E-state index contributed by atoms with van der Waals surface area (Å²) in [5, 5.41) is 1.33. The normalized spacial score (nSPS) is 11.7. The summed E-state index contributed by atoms with van der Waals surface area (Å²) in [4.78, 5) is 43.5. The number of aromatic amines is 1. The molecule has 0 bridgehead atoms. The van der Waals surface area contributed by atoms with Crippen molar-refractivity contribution in [3.05, 3.63) is 193 Å². The third-order valence-electron chi connectivity index (χ3n) is 13.6. The second kappa shape index (κ2) is 28.1. The molecule has 0 fully saturated rings. The van der Waals surface area contributed by atoms with Crippen LogP contribution in [-0.4, -0.2) is 88.3 Å². The lowest BCUT2D eigenvalue weighted by atomic mass is 10.1. The molecule has 0 spiro atoms. The van der Waals surface area contributed by atoms with Crippen LogP contribution in [0.1, 0.15) is 0 Å². The van der Waals surface area contributed by atoms with Crippen LogP contribution >= 0.6 is 82.6 Å². The van der Waals surface area contributed by atoms with Crippen LogP contribution in [0.3, 0.4) is 0 Å². The maximum Gasteiger partial charge on any atom is 0.132 e. The van der Waals surface area contributed by atoms with Gasteiger partial charge in [-0.2, -0.15) is 0 Å². The van der Waals surface area contributed by atoms with Gasteiger partial charge >= 0.3 is 0 Å². The number of nitrogens with zero attached hydrogens (tertiary/aromatic N) is 11. The molecule has 12 rings (SSSR count). The van der Waals surface area contributed by atoms with E-state index in [1.165, 1.54) is 42.7 Å². The number of hydrogen-bond donors (Lipinski definition) is 1. The zero-order valence-electron chi connectivity index (χ0n) is 48.2. The molecular formula is C63H55Br3Cl3F3N12O2Si2. The summed E-state index contributed by atoms with van der Waals surface area (Å²) in [6.45, 7) is 15.7. The molecule has 0 unspecified atom stereocenters. The first-order valence-corrected chi connectivity index (χ1v) is 38.4. The van der Waals surface area contributed by atoms with Gasteiger partial charge in [-0.15, -0.1) is 0 Å². The molecule has 0 aliphatic rings. The van der Waals surface area contributed by atoms with E-state index in [-0.39, 0.29) is 12.5 Å². The van der Waals surface area contributed by atoms with E-state index in [0.29, 0.717) is 103 Å². The van der Waals surface area contributed by atoms with E-state index in [2.05, 4.69) is 127 Å². The predicted octanol–water partition coefficient (Wildman–Crippen LogP) is 19.3. The zero-order valence-corrected chi connectivity index (χ0v) is 57.3. The minimum absolute atomic E-state index is 0.263. The summed E-state index contributed by atoms with van der Waals surface area (Å²) in [5.74, 6) is -1.17. The number of H-pyrrole nitrogens is 1. The number of imidazole rings is 3. The lowest BCUT2D eigenvalue weighted by Crippen LogP contribution is -2.22. The summed E-state index contributed by atoms with van der Waals surface area (Å²) in [6, 6.07) is 32.3. The summed E-state index contributed by atoms with van der Waals surface area (Å²) in [6.07, 6.45) is 9.99. The predicted molar refractivity (Wildman–Crippen MR) is 361 cm³/mol. The molecule has 25 heteroatoms. The third-order valence-corrected chi connectivity index (χ3v) is 19.0. The van der Waals surface area contributed by atoms with Gasteiger partial charge in [0, 0.05) is 93.1 Å². The number of hydrogen-bond acceptors (Lipinski definition) is 11. The molecule has 1 N–H and O–H groups in total. The van der Waals surface area contributed by atoms with E-state index >= 15 is 0 Å². The van der Waals surface area contributed by atoms with E-state index in [1.54, 1.807) is 54.0 Å². The Morgan fingerprint density at radius 2 is 0.852 bits per heavy atom. The van der Waals surface area contributed by atoms with Crippen LogP contribution in [0.5, 0.6) is 0 Å². The van der Waals surface area contributed by atoms with Crippen molar-refractivity contribution in [2.75, 3.05) is 13.2 Å². The molecule has 9 aromatic heterocycles. The Bertz CT molecular complexity index is 4510. The Balaban J connectivity index is 0.000000147. The highest BCUT2D eigenvalue weighted by atomic mass is 79.9. The van der Waals surface area contributed by atoms with Crippen molar-refractivity contribution in [1.82, 2.24) is 59.0 Å². The van der Waals surface area contributed by atoms with E-state index in [0.717, 1.165) is 58.6 Å². The molecule has 0 atom stereocenters. The van der Waals surface area contributed by atoms with Gasteiger partial charge in [-0.25, -0.2) is 43.1 Å². The molecular weight excluding hydrogens is 1420 g/mol. The Hall–Kier alpha value is -6.58. The molecule has 0 saturated carbocycles. The molecule has 0 aliphatic heterocycles. The molecule has 88 heavy (non-hydrogen) atoms. The lowest BCUT2D eigenvalue weighted by Gasteiger charge is -2.16. The van der Waals surface area contributed by atoms with Crippen LogP contribution in [0.15, 0.2) is 160 Å². The van der Waals surface area contributed by atoms with Crippen molar-refractivity contribution in [2.45, 2.75) is 64.8 Å². The number of benzene rings is 3.